The van der Waals surface area contributed by atoms with Crippen LogP contribution in [0.1, 0.15) is 53.0 Å². The van der Waals surface area contributed by atoms with E-state index in [0.29, 0.717) is 18.2 Å². The summed E-state index contributed by atoms with van der Waals surface area (Å²) < 4.78 is 5.06. The molecule has 110 valence electrons. The maximum Gasteiger partial charge on any atom is 0.354 e. The van der Waals surface area contributed by atoms with Crippen molar-refractivity contribution in [3.63, 3.8) is 0 Å². The lowest BCUT2D eigenvalue weighted by Gasteiger charge is -2.10. The second-order valence-electron chi connectivity index (χ2n) is 5.60. The molecular weight excluding hydrogens is 262 g/mol. The highest BCUT2D eigenvalue weighted by Crippen LogP contribution is 2.36. The average Bonchev–Trinajstić information content (AvgIpc) is 3.07. The van der Waals surface area contributed by atoms with Gasteiger partial charge in [-0.3, -0.25) is 0 Å². The van der Waals surface area contributed by atoms with E-state index in [1.54, 1.807) is 0 Å². The normalized spacial score (nSPS) is 16.7. The zero-order valence-corrected chi connectivity index (χ0v) is 12.4. The summed E-state index contributed by atoms with van der Waals surface area (Å²) >= 11 is 0. The maximum atomic E-state index is 11.8. The molecule has 0 amide bonds. The minimum atomic E-state index is -0.242. The van der Waals surface area contributed by atoms with Gasteiger partial charge < -0.3 is 9.72 Å². The van der Waals surface area contributed by atoms with Gasteiger partial charge in [0.1, 0.15) is 5.69 Å². The molecule has 0 bridgehead atoms. The fourth-order valence-corrected chi connectivity index (χ4v) is 3.15. The van der Waals surface area contributed by atoms with E-state index in [9.17, 15) is 4.79 Å². The number of fused-ring (bicyclic) bond motifs is 1. The largest absolute Gasteiger partial charge is 0.461 e. The second kappa shape index (κ2) is 6.17. The Kier molecular flexibility index (Phi) is 4.09. The van der Waals surface area contributed by atoms with Gasteiger partial charge in [-0.2, -0.15) is 0 Å². The summed E-state index contributed by atoms with van der Waals surface area (Å²) in [6.07, 6.45) is 4.44. The number of nitrogens with one attached hydrogen (secondary N) is 1. The van der Waals surface area contributed by atoms with Crippen LogP contribution in [0.25, 0.3) is 0 Å². The number of hydrogen-bond donors (Lipinski definition) is 1. The first-order valence-electron chi connectivity index (χ1n) is 7.70. The van der Waals surface area contributed by atoms with Crippen LogP contribution in [0.4, 0.5) is 0 Å². The van der Waals surface area contributed by atoms with Crippen LogP contribution in [0.15, 0.2) is 36.4 Å². The topological polar surface area (TPSA) is 42.1 Å². The van der Waals surface area contributed by atoms with E-state index in [1.807, 2.05) is 19.1 Å². The lowest BCUT2D eigenvalue weighted by atomic mass is 9.97. The summed E-state index contributed by atoms with van der Waals surface area (Å²) in [6, 6.07) is 12.5. The zero-order valence-electron chi connectivity index (χ0n) is 12.4. The molecule has 1 aromatic carbocycles. The average molecular weight is 283 g/mol. The number of aromatic amines is 1. The van der Waals surface area contributed by atoms with Gasteiger partial charge in [0.05, 0.1) is 6.61 Å². The van der Waals surface area contributed by atoms with Gasteiger partial charge in [-0.15, -0.1) is 0 Å². The Morgan fingerprint density at radius 1 is 1.33 bits per heavy atom. The predicted octanol–water partition coefficient (Wildman–Crippen LogP) is 3.85. The molecule has 1 unspecified atom stereocenters. The third-order valence-electron chi connectivity index (χ3n) is 4.22. The number of carbonyl (C=O) groups is 1. The van der Waals surface area contributed by atoms with Crippen molar-refractivity contribution in [3.8, 4) is 0 Å². The van der Waals surface area contributed by atoms with E-state index < -0.39 is 0 Å². The summed E-state index contributed by atoms with van der Waals surface area (Å²) in [5, 5.41) is 0. The Bertz CT molecular complexity index is 615. The summed E-state index contributed by atoms with van der Waals surface area (Å²) in [6.45, 7) is 2.25. The molecule has 3 nitrogen and oxygen atoms in total. The molecule has 21 heavy (non-hydrogen) atoms. The number of H-pyrrole nitrogens is 1. The molecule has 3 rings (SSSR count). The summed E-state index contributed by atoms with van der Waals surface area (Å²) in [5.74, 6) is 0.289. The van der Waals surface area contributed by atoms with E-state index in [-0.39, 0.29) is 5.97 Å². The molecule has 0 spiro atoms. The first-order chi connectivity index (χ1) is 10.3. The first kappa shape index (κ1) is 13.9. The van der Waals surface area contributed by atoms with Gasteiger partial charge in [0, 0.05) is 5.69 Å². The van der Waals surface area contributed by atoms with Crippen LogP contribution in [0.2, 0.25) is 0 Å². The molecule has 0 saturated carbocycles. The molecule has 0 saturated heterocycles. The molecule has 0 aliphatic heterocycles. The van der Waals surface area contributed by atoms with E-state index in [4.69, 9.17) is 4.74 Å². The summed E-state index contributed by atoms with van der Waals surface area (Å²) in [4.78, 5) is 15.1. The Morgan fingerprint density at radius 2 is 2.14 bits per heavy atom. The monoisotopic (exact) mass is 283 g/mol. The Labute approximate surface area is 125 Å². The molecule has 2 aromatic rings. The number of aryl methyl sites for hydroxylation is 2. The van der Waals surface area contributed by atoms with Crippen LogP contribution in [0, 0.1) is 0 Å². The minimum absolute atomic E-state index is 0.242. The van der Waals surface area contributed by atoms with E-state index in [0.717, 1.165) is 19.3 Å². The molecule has 0 fully saturated rings. The molecule has 1 aromatic heterocycles. The van der Waals surface area contributed by atoms with E-state index in [2.05, 4.69) is 29.2 Å². The minimum Gasteiger partial charge on any atom is -0.461 e. The fourth-order valence-electron chi connectivity index (χ4n) is 3.15. The smallest absolute Gasteiger partial charge is 0.354 e. The molecule has 1 atom stereocenters. The van der Waals surface area contributed by atoms with Crippen molar-refractivity contribution in [2.75, 3.05) is 6.61 Å². The van der Waals surface area contributed by atoms with Gasteiger partial charge in [-0.05, 0) is 55.7 Å². The van der Waals surface area contributed by atoms with Crippen LogP contribution in [0.3, 0.4) is 0 Å². The number of rotatable bonds is 5. The second-order valence-corrected chi connectivity index (χ2v) is 5.60. The quantitative estimate of drug-likeness (QED) is 0.847. The van der Waals surface area contributed by atoms with Crippen LogP contribution >= 0.6 is 0 Å². The molecular formula is C18H21NO2. The highest BCUT2D eigenvalue weighted by atomic mass is 16.5. The predicted molar refractivity (Wildman–Crippen MR) is 82.6 cm³/mol. The standard InChI is InChI=1S/C18H21NO2/c1-2-21-18(20)16-12-15-11-10-14(17(15)19-16)9-8-13-6-4-3-5-7-13/h3-7,12,14,19H,2,8-11H2,1H3. The lowest BCUT2D eigenvalue weighted by molar-refractivity contribution is 0.0520. The van der Waals surface area contributed by atoms with Gasteiger partial charge in [-0.1, -0.05) is 30.3 Å². The number of esters is 1. The van der Waals surface area contributed by atoms with Crippen molar-refractivity contribution >= 4 is 5.97 Å². The van der Waals surface area contributed by atoms with Gasteiger partial charge in [0.2, 0.25) is 0 Å². The Balaban J connectivity index is 1.67. The van der Waals surface area contributed by atoms with Gasteiger partial charge >= 0.3 is 5.97 Å². The van der Waals surface area contributed by atoms with Crippen LogP contribution in [-0.2, 0) is 17.6 Å². The number of carbonyl (C=O) groups excluding carboxylic acids is 1. The van der Waals surface area contributed by atoms with Crippen molar-refractivity contribution in [1.82, 2.24) is 4.98 Å². The Morgan fingerprint density at radius 3 is 2.90 bits per heavy atom. The molecule has 0 radical (unpaired) electrons. The maximum absolute atomic E-state index is 11.8. The van der Waals surface area contributed by atoms with Crippen molar-refractivity contribution in [3.05, 3.63) is 58.9 Å². The zero-order chi connectivity index (χ0) is 14.7. The van der Waals surface area contributed by atoms with Crippen molar-refractivity contribution in [2.24, 2.45) is 0 Å². The summed E-state index contributed by atoms with van der Waals surface area (Å²) in [7, 11) is 0. The van der Waals surface area contributed by atoms with Gasteiger partial charge in [0.15, 0.2) is 0 Å². The molecule has 1 aliphatic carbocycles. The molecule has 1 heterocycles. The van der Waals surface area contributed by atoms with Crippen LogP contribution in [0.5, 0.6) is 0 Å². The van der Waals surface area contributed by atoms with Crippen molar-refractivity contribution in [2.45, 2.75) is 38.5 Å². The van der Waals surface area contributed by atoms with Gasteiger partial charge in [0.25, 0.3) is 0 Å². The first-order valence-corrected chi connectivity index (χ1v) is 7.70. The van der Waals surface area contributed by atoms with E-state index >= 15 is 0 Å². The fraction of sp³-hybridized carbons (Fsp3) is 0.389. The third kappa shape index (κ3) is 3.02. The molecule has 3 heteroatoms. The van der Waals surface area contributed by atoms with Crippen LogP contribution < -0.4 is 0 Å². The molecule has 1 aliphatic rings. The number of aromatic nitrogens is 1. The SMILES string of the molecule is CCOC(=O)c1cc2c([nH]1)C(CCc1ccccc1)CC2. The van der Waals surface area contributed by atoms with E-state index in [1.165, 1.54) is 23.2 Å². The molecule has 1 N–H and O–H groups in total. The Hall–Kier alpha value is -2.03. The third-order valence-corrected chi connectivity index (χ3v) is 4.22. The number of hydrogen-bond acceptors (Lipinski definition) is 2. The highest BCUT2D eigenvalue weighted by molar-refractivity contribution is 5.88. The number of benzene rings is 1. The van der Waals surface area contributed by atoms with Gasteiger partial charge in [-0.25, -0.2) is 4.79 Å². The number of ether oxygens (including phenoxy) is 1. The van der Waals surface area contributed by atoms with Crippen molar-refractivity contribution in [1.29, 1.82) is 0 Å². The highest BCUT2D eigenvalue weighted by Gasteiger charge is 2.26. The van der Waals surface area contributed by atoms with Crippen LogP contribution in [-0.4, -0.2) is 17.6 Å². The summed E-state index contributed by atoms with van der Waals surface area (Å²) in [5.41, 5.74) is 4.51. The van der Waals surface area contributed by atoms with Crippen molar-refractivity contribution < 1.29 is 9.53 Å². The lowest BCUT2D eigenvalue weighted by Crippen LogP contribution is -2.06.